The SMILES string of the molecule is CCOc1cc(/C=C(\C#N)C(=O)NC(C)C)ccc1OCC(=O)N(C)C. The molecule has 1 aromatic rings. The van der Waals surface area contributed by atoms with Gasteiger partial charge in [-0.1, -0.05) is 6.07 Å². The third-order valence-corrected chi connectivity index (χ3v) is 3.21. The first-order chi connectivity index (χ1) is 12.3. The zero-order valence-corrected chi connectivity index (χ0v) is 15.8. The second-order valence-electron chi connectivity index (χ2n) is 6.01. The van der Waals surface area contributed by atoms with Crippen LogP contribution in [0.4, 0.5) is 0 Å². The molecule has 0 aliphatic rings. The number of amides is 2. The summed E-state index contributed by atoms with van der Waals surface area (Å²) >= 11 is 0. The summed E-state index contributed by atoms with van der Waals surface area (Å²) in [7, 11) is 3.29. The molecule has 0 aromatic heterocycles. The quantitative estimate of drug-likeness (QED) is 0.566. The Bertz CT molecular complexity index is 718. The maximum Gasteiger partial charge on any atom is 0.262 e. The van der Waals surface area contributed by atoms with Crippen LogP contribution >= 0.6 is 0 Å². The van der Waals surface area contributed by atoms with Crippen LogP contribution in [-0.2, 0) is 9.59 Å². The maximum absolute atomic E-state index is 12.0. The molecule has 0 aliphatic carbocycles. The van der Waals surface area contributed by atoms with Crippen LogP contribution in [0.2, 0.25) is 0 Å². The van der Waals surface area contributed by atoms with Crippen molar-refractivity contribution in [2.45, 2.75) is 26.8 Å². The van der Waals surface area contributed by atoms with Gasteiger partial charge in [-0.2, -0.15) is 5.26 Å². The summed E-state index contributed by atoms with van der Waals surface area (Å²) in [5.74, 6) is 0.254. The molecule has 0 atom stereocenters. The molecule has 26 heavy (non-hydrogen) atoms. The molecule has 0 saturated heterocycles. The van der Waals surface area contributed by atoms with E-state index in [0.717, 1.165) is 0 Å². The van der Waals surface area contributed by atoms with Gasteiger partial charge < -0.3 is 19.7 Å². The van der Waals surface area contributed by atoms with Crippen molar-refractivity contribution in [2.24, 2.45) is 0 Å². The van der Waals surface area contributed by atoms with Crippen molar-refractivity contribution < 1.29 is 19.1 Å². The van der Waals surface area contributed by atoms with Crippen molar-refractivity contribution in [1.82, 2.24) is 10.2 Å². The molecule has 0 fully saturated rings. The fraction of sp³-hybridized carbons (Fsp3) is 0.421. The highest BCUT2D eigenvalue weighted by molar-refractivity contribution is 6.01. The van der Waals surface area contributed by atoms with Crippen molar-refractivity contribution in [3.63, 3.8) is 0 Å². The van der Waals surface area contributed by atoms with Crippen LogP contribution in [0.3, 0.4) is 0 Å². The number of carbonyl (C=O) groups is 2. The fourth-order valence-electron chi connectivity index (χ4n) is 1.93. The first kappa shape index (κ1) is 21.0. The second kappa shape index (κ2) is 10.1. The third kappa shape index (κ3) is 6.48. The van der Waals surface area contributed by atoms with Gasteiger partial charge in [0.05, 0.1) is 6.61 Å². The van der Waals surface area contributed by atoms with Crippen LogP contribution in [0, 0.1) is 11.3 Å². The molecule has 0 heterocycles. The zero-order chi connectivity index (χ0) is 19.7. The molecular weight excluding hydrogens is 334 g/mol. The molecule has 140 valence electrons. The molecule has 0 bridgehead atoms. The molecule has 0 unspecified atom stereocenters. The van der Waals surface area contributed by atoms with Gasteiger partial charge >= 0.3 is 0 Å². The van der Waals surface area contributed by atoms with Crippen molar-refractivity contribution in [1.29, 1.82) is 5.26 Å². The predicted molar refractivity (Wildman–Crippen MR) is 98.7 cm³/mol. The van der Waals surface area contributed by atoms with E-state index in [4.69, 9.17) is 9.47 Å². The number of carbonyl (C=O) groups excluding carboxylic acids is 2. The number of nitriles is 1. The largest absolute Gasteiger partial charge is 0.490 e. The van der Waals surface area contributed by atoms with Gasteiger partial charge in [-0.15, -0.1) is 0 Å². The van der Waals surface area contributed by atoms with Gasteiger partial charge in [0.25, 0.3) is 11.8 Å². The Morgan fingerprint density at radius 3 is 2.50 bits per heavy atom. The lowest BCUT2D eigenvalue weighted by atomic mass is 10.1. The first-order valence-electron chi connectivity index (χ1n) is 8.30. The Kier molecular flexibility index (Phi) is 8.16. The topological polar surface area (TPSA) is 91.7 Å². The van der Waals surface area contributed by atoms with E-state index in [-0.39, 0.29) is 24.1 Å². The van der Waals surface area contributed by atoms with Crippen molar-refractivity contribution in [2.75, 3.05) is 27.3 Å². The average molecular weight is 359 g/mol. The van der Waals surface area contributed by atoms with Gasteiger partial charge in [0, 0.05) is 20.1 Å². The maximum atomic E-state index is 12.0. The predicted octanol–water partition coefficient (Wildman–Crippen LogP) is 1.98. The molecule has 0 aliphatic heterocycles. The molecule has 0 saturated carbocycles. The molecule has 1 aromatic carbocycles. The Morgan fingerprint density at radius 1 is 1.27 bits per heavy atom. The minimum Gasteiger partial charge on any atom is -0.490 e. The molecule has 7 nitrogen and oxygen atoms in total. The number of rotatable bonds is 8. The summed E-state index contributed by atoms with van der Waals surface area (Å²) in [5, 5.41) is 11.9. The highest BCUT2D eigenvalue weighted by Crippen LogP contribution is 2.29. The van der Waals surface area contributed by atoms with Crippen LogP contribution in [-0.4, -0.2) is 50.1 Å². The first-order valence-corrected chi connectivity index (χ1v) is 8.30. The highest BCUT2D eigenvalue weighted by Gasteiger charge is 2.13. The van der Waals surface area contributed by atoms with Crippen LogP contribution < -0.4 is 14.8 Å². The minimum absolute atomic E-state index is 0.00222. The van der Waals surface area contributed by atoms with Gasteiger partial charge in [0.1, 0.15) is 11.6 Å². The van der Waals surface area contributed by atoms with Gasteiger partial charge in [-0.05, 0) is 44.5 Å². The van der Waals surface area contributed by atoms with Crippen molar-refractivity contribution in [3.8, 4) is 17.6 Å². The van der Waals surface area contributed by atoms with Crippen LogP contribution in [0.1, 0.15) is 26.3 Å². The summed E-state index contributed by atoms with van der Waals surface area (Å²) < 4.78 is 11.1. The summed E-state index contributed by atoms with van der Waals surface area (Å²) in [6, 6.07) is 6.84. The molecule has 0 spiro atoms. The van der Waals surface area contributed by atoms with Crippen molar-refractivity contribution in [3.05, 3.63) is 29.3 Å². The number of ether oxygens (including phenoxy) is 2. The lowest BCUT2D eigenvalue weighted by Gasteiger charge is -2.14. The van der Waals surface area contributed by atoms with Crippen molar-refractivity contribution >= 4 is 17.9 Å². The smallest absolute Gasteiger partial charge is 0.262 e. The molecule has 7 heteroatoms. The number of hydrogen-bond acceptors (Lipinski definition) is 5. The summed E-state index contributed by atoms with van der Waals surface area (Å²) in [6.07, 6.45) is 1.48. The summed E-state index contributed by atoms with van der Waals surface area (Å²) in [6.45, 7) is 5.77. The lowest BCUT2D eigenvalue weighted by molar-refractivity contribution is -0.130. The van der Waals surface area contributed by atoms with Gasteiger partial charge in [-0.3, -0.25) is 9.59 Å². The minimum atomic E-state index is -0.433. The Labute approximate surface area is 154 Å². The molecule has 1 rings (SSSR count). The van der Waals surface area contributed by atoms with E-state index < -0.39 is 5.91 Å². The van der Waals surface area contributed by atoms with E-state index in [1.54, 1.807) is 32.3 Å². The third-order valence-electron chi connectivity index (χ3n) is 3.21. The number of nitrogens with zero attached hydrogens (tertiary/aromatic N) is 2. The molecule has 2 amide bonds. The number of nitrogens with one attached hydrogen (secondary N) is 1. The highest BCUT2D eigenvalue weighted by atomic mass is 16.5. The Balaban J connectivity index is 3.06. The van der Waals surface area contributed by atoms with Gasteiger partial charge in [0.2, 0.25) is 0 Å². The number of benzene rings is 1. The van der Waals surface area contributed by atoms with E-state index in [2.05, 4.69) is 5.32 Å². The Hall–Kier alpha value is -3.01. The van der Waals surface area contributed by atoms with Gasteiger partial charge in [-0.25, -0.2) is 0 Å². The zero-order valence-electron chi connectivity index (χ0n) is 15.8. The average Bonchev–Trinajstić information content (AvgIpc) is 2.58. The normalized spacial score (nSPS) is 10.9. The lowest BCUT2D eigenvalue weighted by Crippen LogP contribution is -2.30. The monoisotopic (exact) mass is 359 g/mol. The van der Waals surface area contributed by atoms with Crippen LogP contribution in [0.5, 0.6) is 11.5 Å². The second-order valence-corrected chi connectivity index (χ2v) is 6.01. The Morgan fingerprint density at radius 2 is 1.96 bits per heavy atom. The summed E-state index contributed by atoms with van der Waals surface area (Å²) in [4.78, 5) is 25.1. The number of likely N-dealkylation sites (N-methyl/N-ethyl adjacent to an activating group) is 1. The van der Waals surface area contributed by atoms with E-state index in [9.17, 15) is 14.9 Å². The fourth-order valence-corrected chi connectivity index (χ4v) is 1.93. The molecule has 1 N–H and O–H groups in total. The molecule has 0 radical (unpaired) electrons. The number of hydrogen-bond donors (Lipinski definition) is 1. The van der Waals surface area contributed by atoms with E-state index in [1.165, 1.54) is 11.0 Å². The van der Waals surface area contributed by atoms with E-state index in [1.807, 2.05) is 26.8 Å². The van der Waals surface area contributed by atoms with E-state index >= 15 is 0 Å². The van der Waals surface area contributed by atoms with Gasteiger partial charge in [0.15, 0.2) is 18.1 Å². The van der Waals surface area contributed by atoms with Crippen LogP contribution in [0.15, 0.2) is 23.8 Å². The standard InChI is InChI=1S/C19H25N3O4/c1-6-25-17-10-14(9-15(11-20)19(24)21-13(2)3)7-8-16(17)26-12-18(23)22(4)5/h7-10,13H,6,12H2,1-5H3,(H,21,24)/b15-9+. The molecular formula is C19H25N3O4. The summed E-state index contributed by atoms with van der Waals surface area (Å²) in [5.41, 5.74) is 0.618. The van der Waals surface area contributed by atoms with E-state index in [0.29, 0.717) is 23.7 Å². The van der Waals surface area contributed by atoms with Crippen LogP contribution in [0.25, 0.3) is 6.08 Å².